The second-order valence-electron chi connectivity index (χ2n) is 4.73. The number of sulfonamides is 1. The van der Waals surface area contributed by atoms with E-state index in [-0.39, 0.29) is 10.9 Å². The molecule has 1 aromatic rings. The van der Waals surface area contributed by atoms with E-state index in [1.807, 2.05) is 20.8 Å². The maximum atomic E-state index is 12.9. The number of aromatic nitrogens is 1. The van der Waals surface area contributed by atoms with E-state index in [0.29, 0.717) is 30.0 Å². The Morgan fingerprint density at radius 1 is 1.48 bits per heavy atom. The number of hydrogen-bond donors (Lipinski definition) is 1. The average Bonchev–Trinajstić information content (AvgIpc) is 2.40. The normalized spacial score (nSPS) is 12.1. The molecule has 1 N–H and O–H groups in total. The van der Waals surface area contributed by atoms with Gasteiger partial charge in [-0.2, -0.15) is 4.31 Å². The summed E-state index contributed by atoms with van der Waals surface area (Å²) < 4.78 is 32.8. The van der Waals surface area contributed by atoms with E-state index in [1.165, 1.54) is 4.31 Å². The summed E-state index contributed by atoms with van der Waals surface area (Å²) >= 11 is 3.28. The molecule has 6 nitrogen and oxygen atoms in total. The first kappa shape index (κ1) is 18.3. The van der Waals surface area contributed by atoms with E-state index in [4.69, 9.17) is 4.74 Å². The predicted molar refractivity (Wildman–Crippen MR) is 87.0 cm³/mol. The lowest BCUT2D eigenvalue weighted by molar-refractivity contribution is 0.171. The third kappa shape index (κ3) is 4.64. The van der Waals surface area contributed by atoms with Gasteiger partial charge in [0.1, 0.15) is 10.7 Å². The Hall–Kier alpha value is -0.700. The zero-order chi connectivity index (χ0) is 16.0. The van der Waals surface area contributed by atoms with Crippen molar-refractivity contribution in [1.82, 2.24) is 9.29 Å². The second-order valence-corrected chi connectivity index (χ2v) is 7.51. The van der Waals surface area contributed by atoms with Gasteiger partial charge < -0.3 is 10.1 Å². The molecule has 0 bridgehead atoms. The molecular formula is C13H22BrN3O3S. The van der Waals surface area contributed by atoms with Gasteiger partial charge in [-0.15, -0.1) is 0 Å². The molecule has 1 aromatic heterocycles. The maximum Gasteiger partial charge on any atom is 0.247 e. The monoisotopic (exact) mass is 379 g/mol. The molecule has 1 heterocycles. The summed E-state index contributed by atoms with van der Waals surface area (Å²) in [6.07, 6.45) is 1.58. The van der Waals surface area contributed by atoms with Crippen LogP contribution in [0.4, 0.5) is 5.82 Å². The third-order valence-corrected chi connectivity index (χ3v) is 5.36. The van der Waals surface area contributed by atoms with E-state index < -0.39 is 10.0 Å². The van der Waals surface area contributed by atoms with Crippen LogP contribution in [0.5, 0.6) is 0 Å². The van der Waals surface area contributed by atoms with Crippen LogP contribution in [-0.4, -0.2) is 50.6 Å². The summed E-state index contributed by atoms with van der Waals surface area (Å²) in [5, 5.41) is 2.99. The van der Waals surface area contributed by atoms with Crippen molar-refractivity contribution in [3.05, 3.63) is 16.7 Å². The molecule has 8 heteroatoms. The zero-order valence-electron chi connectivity index (χ0n) is 12.8. The van der Waals surface area contributed by atoms with Gasteiger partial charge in [0.2, 0.25) is 10.0 Å². The molecule has 0 fully saturated rings. The highest BCUT2D eigenvalue weighted by molar-refractivity contribution is 9.10. The molecule has 0 aliphatic carbocycles. The molecule has 0 unspecified atom stereocenters. The molecule has 0 atom stereocenters. The van der Waals surface area contributed by atoms with Crippen LogP contribution in [0.3, 0.4) is 0 Å². The van der Waals surface area contributed by atoms with Gasteiger partial charge in [-0.05, 0) is 42.8 Å². The lowest BCUT2D eigenvalue weighted by Gasteiger charge is -2.26. The van der Waals surface area contributed by atoms with Crippen molar-refractivity contribution < 1.29 is 13.2 Å². The predicted octanol–water partition coefficient (Wildman–Crippen LogP) is 2.32. The Balaban J connectivity index is 3.29. The first-order chi connectivity index (χ1) is 9.84. The first-order valence-electron chi connectivity index (χ1n) is 6.74. The molecule has 1 rings (SSSR count). The average molecular weight is 380 g/mol. The van der Waals surface area contributed by atoms with E-state index in [1.54, 1.807) is 19.4 Å². The fourth-order valence-electron chi connectivity index (χ4n) is 1.88. The molecule has 0 amide bonds. The van der Waals surface area contributed by atoms with Crippen molar-refractivity contribution in [1.29, 1.82) is 0 Å². The Morgan fingerprint density at radius 3 is 2.67 bits per heavy atom. The van der Waals surface area contributed by atoms with Crippen LogP contribution in [0, 0.1) is 0 Å². The molecule has 0 aliphatic heterocycles. The lowest BCUT2D eigenvalue weighted by Crippen LogP contribution is -2.39. The smallest absolute Gasteiger partial charge is 0.247 e. The number of hydrogen-bond acceptors (Lipinski definition) is 5. The molecule has 0 saturated carbocycles. The van der Waals surface area contributed by atoms with Crippen LogP contribution in [-0.2, 0) is 14.8 Å². The molecule has 0 radical (unpaired) electrons. The molecule has 0 aliphatic rings. The van der Waals surface area contributed by atoms with E-state index in [9.17, 15) is 8.42 Å². The highest BCUT2D eigenvalue weighted by atomic mass is 79.9. The molecular weight excluding hydrogens is 358 g/mol. The first-order valence-corrected chi connectivity index (χ1v) is 8.98. The largest absolute Gasteiger partial charge is 0.383 e. The number of anilines is 1. The summed E-state index contributed by atoms with van der Waals surface area (Å²) in [5.41, 5.74) is 0. The quantitative estimate of drug-likeness (QED) is 0.750. The number of pyridine rings is 1. The van der Waals surface area contributed by atoms with Crippen molar-refractivity contribution in [2.45, 2.75) is 31.7 Å². The summed E-state index contributed by atoms with van der Waals surface area (Å²) in [6, 6.07) is 1.40. The summed E-state index contributed by atoms with van der Waals surface area (Å²) in [6.45, 7) is 6.81. The van der Waals surface area contributed by atoms with Crippen molar-refractivity contribution >= 4 is 31.8 Å². The highest BCUT2D eigenvalue weighted by Gasteiger charge is 2.29. The summed E-state index contributed by atoms with van der Waals surface area (Å²) in [4.78, 5) is 4.33. The topological polar surface area (TPSA) is 71.5 Å². The molecule has 21 heavy (non-hydrogen) atoms. The van der Waals surface area contributed by atoms with Gasteiger partial charge in [0.25, 0.3) is 0 Å². The molecule has 120 valence electrons. The number of halogens is 1. The van der Waals surface area contributed by atoms with Gasteiger partial charge in [-0.25, -0.2) is 13.4 Å². The Labute approximate surface area is 135 Å². The standard InChI is InChI=1S/C13H22BrN3O3S/c1-5-15-13-12(8-11(14)9-16-13)21(18,19)17(10(2)3)6-7-20-4/h8-10H,5-7H2,1-4H3,(H,15,16). The third-order valence-electron chi connectivity index (χ3n) is 2.84. The Morgan fingerprint density at radius 2 is 2.14 bits per heavy atom. The number of ether oxygens (including phenoxy) is 1. The SMILES string of the molecule is CCNc1ncc(Br)cc1S(=O)(=O)N(CCOC)C(C)C. The van der Waals surface area contributed by atoms with Crippen LogP contribution < -0.4 is 5.32 Å². The van der Waals surface area contributed by atoms with Gasteiger partial charge >= 0.3 is 0 Å². The molecule has 0 aromatic carbocycles. The molecule has 0 spiro atoms. The van der Waals surface area contributed by atoms with Crippen molar-refractivity contribution in [2.24, 2.45) is 0 Å². The number of nitrogens with zero attached hydrogens (tertiary/aromatic N) is 2. The van der Waals surface area contributed by atoms with Gasteiger partial charge in [0, 0.05) is 36.9 Å². The minimum Gasteiger partial charge on any atom is -0.383 e. The van der Waals surface area contributed by atoms with Gasteiger partial charge in [0.15, 0.2) is 0 Å². The van der Waals surface area contributed by atoms with E-state index >= 15 is 0 Å². The molecule has 0 saturated heterocycles. The van der Waals surface area contributed by atoms with Gasteiger partial charge in [-0.3, -0.25) is 0 Å². The maximum absolute atomic E-state index is 12.9. The number of nitrogens with one attached hydrogen (secondary N) is 1. The van der Waals surface area contributed by atoms with Crippen LogP contribution in [0.25, 0.3) is 0 Å². The van der Waals surface area contributed by atoms with Crippen molar-refractivity contribution in [3.8, 4) is 0 Å². The van der Waals surface area contributed by atoms with Crippen molar-refractivity contribution in [2.75, 3.05) is 32.1 Å². The summed E-state index contributed by atoms with van der Waals surface area (Å²) in [5.74, 6) is 0.365. The van der Waals surface area contributed by atoms with Crippen molar-refractivity contribution in [3.63, 3.8) is 0 Å². The zero-order valence-corrected chi connectivity index (χ0v) is 15.2. The number of methoxy groups -OCH3 is 1. The van der Waals surface area contributed by atoms with Crippen LogP contribution in [0.2, 0.25) is 0 Å². The highest BCUT2D eigenvalue weighted by Crippen LogP contribution is 2.27. The van der Waals surface area contributed by atoms with Crippen LogP contribution >= 0.6 is 15.9 Å². The second kappa shape index (κ2) is 8.07. The van der Waals surface area contributed by atoms with Crippen LogP contribution in [0.1, 0.15) is 20.8 Å². The van der Waals surface area contributed by atoms with E-state index in [2.05, 4.69) is 26.2 Å². The number of rotatable bonds is 8. The lowest BCUT2D eigenvalue weighted by atomic mass is 10.4. The van der Waals surface area contributed by atoms with Crippen LogP contribution in [0.15, 0.2) is 21.6 Å². The Kier molecular flexibility index (Phi) is 7.05. The van der Waals surface area contributed by atoms with Gasteiger partial charge in [-0.1, -0.05) is 0 Å². The van der Waals surface area contributed by atoms with Gasteiger partial charge in [0.05, 0.1) is 6.61 Å². The summed E-state index contributed by atoms with van der Waals surface area (Å²) in [7, 11) is -2.10. The minimum absolute atomic E-state index is 0.168. The minimum atomic E-state index is -3.65. The Bertz CT molecular complexity index is 564. The fraction of sp³-hybridized carbons (Fsp3) is 0.615. The fourth-order valence-corrected chi connectivity index (χ4v) is 4.13. The van der Waals surface area contributed by atoms with E-state index in [0.717, 1.165) is 0 Å².